The van der Waals surface area contributed by atoms with E-state index in [1.807, 2.05) is 24.3 Å². The minimum Gasteiger partial charge on any atom is -0.507 e. The molecule has 1 atom stereocenters. The number of nitrogens with zero attached hydrogens (tertiary/aromatic N) is 1. The van der Waals surface area contributed by atoms with Crippen molar-refractivity contribution in [1.82, 2.24) is 4.90 Å². The number of hydrogen-bond acceptors (Lipinski definition) is 5. The smallest absolute Gasteiger partial charge is 0.303 e. The minimum atomic E-state index is -0.856. The van der Waals surface area contributed by atoms with Crippen LogP contribution in [0.1, 0.15) is 68.2 Å². The number of carbonyl (C=O) groups is 3. The van der Waals surface area contributed by atoms with E-state index in [2.05, 4.69) is 13.8 Å². The molecule has 1 aliphatic rings. The molecule has 2 aromatic rings. The van der Waals surface area contributed by atoms with Crippen molar-refractivity contribution in [3.63, 3.8) is 0 Å². The first kappa shape index (κ1) is 25.0. The molecule has 34 heavy (non-hydrogen) atoms. The first-order valence-electron chi connectivity index (χ1n) is 11.5. The fourth-order valence-electron chi connectivity index (χ4n) is 4.16. The van der Waals surface area contributed by atoms with Crippen LogP contribution in [0.3, 0.4) is 0 Å². The van der Waals surface area contributed by atoms with Crippen LogP contribution in [0, 0.1) is 0 Å². The molecule has 1 unspecified atom stereocenters. The lowest BCUT2D eigenvalue weighted by Gasteiger charge is -2.25. The Balaban J connectivity index is 1.98. The third-order valence-electron chi connectivity index (χ3n) is 6.11. The molecular weight excluding hydrogens is 434 g/mol. The zero-order valence-corrected chi connectivity index (χ0v) is 19.8. The summed E-state index contributed by atoms with van der Waals surface area (Å²) in [5.74, 6) is -1.53. The van der Waals surface area contributed by atoms with Gasteiger partial charge in [0.15, 0.2) is 0 Å². The zero-order valence-electron chi connectivity index (χ0n) is 19.8. The van der Waals surface area contributed by atoms with Gasteiger partial charge in [-0.2, -0.15) is 0 Å². The van der Waals surface area contributed by atoms with E-state index in [0.717, 1.165) is 11.1 Å². The molecule has 0 spiro atoms. The summed E-state index contributed by atoms with van der Waals surface area (Å²) in [5.41, 5.74) is 2.34. The monoisotopic (exact) mass is 465 g/mol. The highest BCUT2D eigenvalue weighted by atomic mass is 16.5. The first-order valence-corrected chi connectivity index (χ1v) is 11.5. The van der Waals surface area contributed by atoms with Crippen molar-refractivity contribution in [1.29, 1.82) is 0 Å². The number of carboxylic acids is 1. The molecule has 7 heteroatoms. The third-order valence-corrected chi connectivity index (χ3v) is 6.11. The van der Waals surface area contributed by atoms with E-state index in [1.54, 1.807) is 24.3 Å². The summed E-state index contributed by atoms with van der Waals surface area (Å²) in [6, 6.07) is 13.7. The van der Waals surface area contributed by atoms with E-state index < -0.39 is 23.7 Å². The summed E-state index contributed by atoms with van der Waals surface area (Å²) in [4.78, 5) is 38.3. The SMILES string of the molecule is COc1ccc(/C(O)=C2/C(=O)C(=O)N(CCCCCC(=O)O)C2c2ccc(C(C)C)cc2)cc1. The zero-order chi connectivity index (χ0) is 24.8. The van der Waals surface area contributed by atoms with Gasteiger partial charge in [-0.25, -0.2) is 0 Å². The highest BCUT2D eigenvalue weighted by Crippen LogP contribution is 2.40. The van der Waals surface area contributed by atoms with Gasteiger partial charge < -0.3 is 19.8 Å². The Morgan fingerprint density at radius 2 is 1.62 bits per heavy atom. The number of aliphatic hydroxyl groups is 1. The number of hydrogen-bond donors (Lipinski definition) is 2. The van der Waals surface area contributed by atoms with Gasteiger partial charge >= 0.3 is 5.97 Å². The average molecular weight is 466 g/mol. The molecule has 0 bridgehead atoms. The summed E-state index contributed by atoms with van der Waals surface area (Å²) in [6.07, 6.45) is 1.74. The molecule has 3 rings (SSSR count). The van der Waals surface area contributed by atoms with Crippen LogP contribution >= 0.6 is 0 Å². The standard InChI is InChI=1S/C27H31NO6/c1-17(2)18-8-10-19(11-9-18)24-23(25(31)20-12-14-21(34-3)15-13-20)26(32)27(33)28(24)16-6-4-5-7-22(29)30/h8-15,17,24,31H,4-7,16H2,1-3H3,(H,29,30)/b25-23-. The molecule has 1 heterocycles. The Morgan fingerprint density at radius 3 is 2.18 bits per heavy atom. The van der Waals surface area contributed by atoms with Crippen molar-refractivity contribution in [2.24, 2.45) is 0 Å². The minimum absolute atomic E-state index is 0.0537. The topological polar surface area (TPSA) is 104 Å². The maximum absolute atomic E-state index is 13.1. The number of likely N-dealkylation sites (tertiary alicyclic amines) is 1. The van der Waals surface area contributed by atoms with Crippen LogP contribution in [0.4, 0.5) is 0 Å². The molecule has 0 aromatic heterocycles. The van der Waals surface area contributed by atoms with Crippen LogP contribution < -0.4 is 4.74 Å². The summed E-state index contributed by atoms with van der Waals surface area (Å²) in [5, 5.41) is 19.9. The number of Topliss-reactive ketones (excluding diaryl/α,β-unsaturated/α-hetero) is 1. The number of amides is 1. The Bertz CT molecular complexity index is 1070. The fourth-order valence-corrected chi connectivity index (χ4v) is 4.16. The van der Waals surface area contributed by atoms with E-state index in [4.69, 9.17) is 9.84 Å². The Kier molecular flexibility index (Phi) is 8.10. The molecule has 7 nitrogen and oxygen atoms in total. The number of methoxy groups -OCH3 is 1. The lowest BCUT2D eigenvalue weighted by atomic mass is 9.93. The average Bonchev–Trinajstić information content (AvgIpc) is 3.08. The van der Waals surface area contributed by atoms with Gasteiger partial charge in [0.2, 0.25) is 0 Å². The number of ether oxygens (including phenoxy) is 1. The van der Waals surface area contributed by atoms with Gasteiger partial charge in [0.25, 0.3) is 11.7 Å². The van der Waals surface area contributed by atoms with Gasteiger partial charge in [-0.15, -0.1) is 0 Å². The lowest BCUT2D eigenvalue weighted by molar-refractivity contribution is -0.140. The summed E-state index contributed by atoms with van der Waals surface area (Å²) in [7, 11) is 1.54. The van der Waals surface area contributed by atoms with Crippen molar-refractivity contribution < 1.29 is 29.3 Å². The summed E-state index contributed by atoms with van der Waals surface area (Å²) in [6.45, 7) is 4.46. The van der Waals surface area contributed by atoms with Crippen molar-refractivity contribution in [2.75, 3.05) is 13.7 Å². The molecule has 2 aromatic carbocycles. The second kappa shape index (κ2) is 11.0. The molecule has 0 saturated carbocycles. The maximum atomic E-state index is 13.1. The summed E-state index contributed by atoms with van der Waals surface area (Å²) >= 11 is 0. The Morgan fingerprint density at radius 1 is 0.971 bits per heavy atom. The van der Waals surface area contributed by atoms with Crippen molar-refractivity contribution in [3.8, 4) is 5.75 Å². The lowest BCUT2D eigenvalue weighted by Crippen LogP contribution is -2.30. The molecule has 1 saturated heterocycles. The molecule has 0 radical (unpaired) electrons. The first-order chi connectivity index (χ1) is 16.2. The number of ketones is 1. The molecule has 180 valence electrons. The van der Waals surface area contributed by atoms with Gasteiger partial charge in [0, 0.05) is 18.5 Å². The van der Waals surface area contributed by atoms with E-state index in [1.165, 1.54) is 12.0 Å². The van der Waals surface area contributed by atoms with E-state index >= 15 is 0 Å². The van der Waals surface area contributed by atoms with Crippen LogP contribution in [0.15, 0.2) is 54.1 Å². The second-order valence-corrected chi connectivity index (χ2v) is 8.75. The highest BCUT2D eigenvalue weighted by Gasteiger charge is 2.45. The van der Waals surface area contributed by atoms with E-state index in [0.29, 0.717) is 43.0 Å². The van der Waals surface area contributed by atoms with E-state index in [9.17, 15) is 19.5 Å². The van der Waals surface area contributed by atoms with Crippen LogP contribution in [0.5, 0.6) is 5.75 Å². The fraction of sp³-hybridized carbons (Fsp3) is 0.370. The van der Waals surface area contributed by atoms with Gasteiger partial charge in [0.1, 0.15) is 11.5 Å². The van der Waals surface area contributed by atoms with Gasteiger partial charge in [-0.1, -0.05) is 44.5 Å². The normalized spacial score (nSPS) is 17.4. The number of benzene rings is 2. The van der Waals surface area contributed by atoms with Crippen LogP contribution in [0.25, 0.3) is 5.76 Å². The molecule has 1 amide bonds. The number of carboxylic acid groups (broad SMARTS) is 1. The molecule has 0 aliphatic carbocycles. The van der Waals surface area contributed by atoms with Crippen LogP contribution in [-0.4, -0.2) is 46.4 Å². The predicted molar refractivity (Wildman–Crippen MR) is 129 cm³/mol. The molecule has 1 aliphatic heterocycles. The number of aliphatic carboxylic acids is 1. The third kappa shape index (κ3) is 5.47. The van der Waals surface area contributed by atoms with Crippen LogP contribution in [0.2, 0.25) is 0 Å². The maximum Gasteiger partial charge on any atom is 0.303 e. The van der Waals surface area contributed by atoms with E-state index in [-0.39, 0.29) is 17.8 Å². The number of rotatable bonds is 10. The Labute approximate surface area is 199 Å². The molecule has 1 fully saturated rings. The van der Waals surface area contributed by atoms with Gasteiger partial charge in [0.05, 0.1) is 18.7 Å². The predicted octanol–water partition coefficient (Wildman–Crippen LogP) is 4.89. The van der Waals surface area contributed by atoms with Crippen molar-refractivity contribution in [2.45, 2.75) is 51.5 Å². The highest BCUT2D eigenvalue weighted by molar-refractivity contribution is 6.46. The van der Waals surface area contributed by atoms with Crippen molar-refractivity contribution >= 4 is 23.4 Å². The van der Waals surface area contributed by atoms with Gasteiger partial charge in [-0.05, 0) is 54.2 Å². The number of aliphatic hydroxyl groups excluding tert-OH is 1. The second-order valence-electron chi connectivity index (χ2n) is 8.75. The molecule has 2 N–H and O–H groups in total. The van der Waals surface area contributed by atoms with Crippen LogP contribution in [-0.2, 0) is 14.4 Å². The number of carbonyl (C=O) groups excluding carboxylic acids is 2. The Hall–Kier alpha value is -3.61. The summed E-state index contributed by atoms with van der Waals surface area (Å²) < 4.78 is 5.17. The largest absolute Gasteiger partial charge is 0.507 e. The van der Waals surface area contributed by atoms with Gasteiger partial charge in [-0.3, -0.25) is 14.4 Å². The number of unbranched alkanes of at least 4 members (excludes halogenated alkanes) is 2. The molecular formula is C27H31NO6. The van der Waals surface area contributed by atoms with Crippen molar-refractivity contribution in [3.05, 3.63) is 70.8 Å². The quantitative estimate of drug-likeness (QED) is 0.224.